The lowest BCUT2D eigenvalue weighted by molar-refractivity contribution is 0.725. The maximum Gasteiger partial charge on any atom is 0.0453 e. The Balaban J connectivity index is 1.55. The quantitative estimate of drug-likeness (QED) is 0.264. The Labute approximate surface area is 208 Å². The van der Waals surface area contributed by atoms with Gasteiger partial charge in [0.1, 0.15) is 0 Å². The van der Waals surface area contributed by atoms with Crippen LogP contribution in [0.1, 0.15) is 29.0 Å². The van der Waals surface area contributed by atoms with Gasteiger partial charge in [0.25, 0.3) is 0 Å². The molecule has 0 fully saturated rings. The normalized spacial score (nSPS) is 14.5. The van der Waals surface area contributed by atoms with Gasteiger partial charge in [-0.25, -0.2) is 0 Å². The van der Waals surface area contributed by atoms with Crippen molar-refractivity contribution in [2.45, 2.75) is 18.8 Å². The van der Waals surface area contributed by atoms with Crippen LogP contribution >= 0.6 is 0 Å². The summed E-state index contributed by atoms with van der Waals surface area (Å²) in [5.74, 6) is 0.309. The largest absolute Gasteiger partial charge is 0.344 e. The first kappa shape index (κ1) is 21.4. The van der Waals surface area contributed by atoms with E-state index in [0.717, 1.165) is 12.8 Å². The third-order valence-electron chi connectivity index (χ3n) is 7.34. The van der Waals surface area contributed by atoms with Crippen LogP contribution in [0.3, 0.4) is 0 Å². The van der Waals surface area contributed by atoms with E-state index in [1.165, 1.54) is 50.3 Å². The molecular weight excluding hydrogens is 422 g/mol. The molecule has 35 heavy (non-hydrogen) atoms. The molecule has 0 radical (unpaired) electrons. The van der Waals surface area contributed by atoms with Crippen molar-refractivity contribution in [3.8, 4) is 22.3 Å². The van der Waals surface area contributed by atoms with E-state index in [-0.39, 0.29) is 0 Å². The van der Waals surface area contributed by atoms with Gasteiger partial charge in [0, 0.05) is 24.3 Å². The van der Waals surface area contributed by atoms with Crippen molar-refractivity contribution >= 4 is 11.4 Å². The summed E-state index contributed by atoms with van der Waals surface area (Å²) in [6, 6.07) is 46.3. The fourth-order valence-electron chi connectivity index (χ4n) is 5.58. The van der Waals surface area contributed by atoms with Gasteiger partial charge in [-0.3, -0.25) is 0 Å². The second-order valence-electron chi connectivity index (χ2n) is 9.37. The molecule has 5 aromatic rings. The smallest absolute Gasteiger partial charge is 0.0453 e. The molecule has 0 saturated carbocycles. The van der Waals surface area contributed by atoms with Crippen molar-refractivity contribution in [2.75, 3.05) is 11.9 Å². The van der Waals surface area contributed by atoms with Crippen LogP contribution in [0.2, 0.25) is 0 Å². The van der Waals surface area contributed by atoms with Gasteiger partial charge in [-0.15, -0.1) is 0 Å². The van der Waals surface area contributed by atoms with Crippen molar-refractivity contribution in [3.63, 3.8) is 0 Å². The van der Waals surface area contributed by atoms with Gasteiger partial charge < -0.3 is 4.90 Å². The number of benzene rings is 5. The maximum absolute atomic E-state index is 2.40. The molecule has 0 heterocycles. The summed E-state index contributed by atoms with van der Waals surface area (Å²) in [5.41, 5.74) is 12.0. The van der Waals surface area contributed by atoms with E-state index in [1.54, 1.807) is 0 Å². The molecule has 0 aliphatic heterocycles. The van der Waals surface area contributed by atoms with Gasteiger partial charge in [-0.2, -0.15) is 0 Å². The average molecular weight is 452 g/mol. The minimum atomic E-state index is 0.309. The number of anilines is 2. The number of para-hydroxylation sites is 1. The summed E-state index contributed by atoms with van der Waals surface area (Å²) in [6.45, 7) is 0. The molecule has 1 aliphatic carbocycles. The summed E-state index contributed by atoms with van der Waals surface area (Å²) < 4.78 is 0. The molecule has 0 bridgehead atoms. The number of hydrogen-bond acceptors (Lipinski definition) is 1. The van der Waals surface area contributed by atoms with Gasteiger partial charge in [-0.05, 0) is 70.0 Å². The van der Waals surface area contributed by atoms with E-state index in [9.17, 15) is 0 Å². The maximum atomic E-state index is 2.40. The first-order chi connectivity index (χ1) is 17.3. The molecular formula is C34H29N. The van der Waals surface area contributed by atoms with Crippen LogP contribution in [0.15, 0.2) is 127 Å². The zero-order valence-corrected chi connectivity index (χ0v) is 20.1. The molecule has 0 saturated heterocycles. The minimum Gasteiger partial charge on any atom is -0.344 e. The molecule has 1 aliphatic rings. The summed E-state index contributed by atoms with van der Waals surface area (Å²) in [4.78, 5) is 2.35. The third kappa shape index (κ3) is 4.04. The second kappa shape index (κ2) is 9.27. The minimum absolute atomic E-state index is 0.309. The predicted octanol–water partition coefficient (Wildman–Crippen LogP) is 8.87. The van der Waals surface area contributed by atoms with E-state index < -0.39 is 0 Å². The number of hydrogen-bond donors (Lipinski definition) is 0. The summed E-state index contributed by atoms with van der Waals surface area (Å²) >= 11 is 0. The highest BCUT2D eigenvalue weighted by molar-refractivity contribution is 5.82. The summed E-state index contributed by atoms with van der Waals surface area (Å²) in [6.07, 6.45) is 2.15. The molecule has 1 heteroatoms. The van der Waals surface area contributed by atoms with E-state index in [0.29, 0.717) is 5.92 Å². The standard InChI is InChI=1S/C34H29N/c1-35(29-17-6-3-7-18-29)33-21-11-20-32-30-19-9-8-14-26(30)22-23-31(34(32)33)28-16-10-15-27(24-28)25-12-4-2-5-13-25/h2-21,24,31H,22-23H2,1H3. The van der Waals surface area contributed by atoms with Crippen LogP contribution < -0.4 is 4.90 Å². The molecule has 1 nitrogen and oxygen atoms in total. The molecule has 5 aromatic carbocycles. The lowest BCUT2D eigenvalue weighted by Gasteiger charge is -2.28. The van der Waals surface area contributed by atoms with E-state index in [4.69, 9.17) is 0 Å². The first-order valence-corrected chi connectivity index (χ1v) is 12.4. The average Bonchev–Trinajstić information content (AvgIpc) is 3.11. The number of rotatable bonds is 4. The molecule has 0 N–H and O–H groups in total. The number of fused-ring (bicyclic) bond motifs is 3. The van der Waals surface area contributed by atoms with Crippen LogP contribution in [-0.4, -0.2) is 7.05 Å². The van der Waals surface area contributed by atoms with Gasteiger partial charge in [0.15, 0.2) is 0 Å². The van der Waals surface area contributed by atoms with Gasteiger partial charge >= 0.3 is 0 Å². The van der Waals surface area contributed by atoms with Gasteiger partial charge in [-0.1, -0.05) is 109 Å². The molecule has 0 spiro atoms. The van der Waals surface area contributed by atoms with Crippen molar-refractivity contribution in [1.82, 2.24) is 0 Å². The SMILES string of the molecule is CN(c1ccccc1)c1cccc2c1C(c1cccc(-c3ccccc3)c1)CCc1ccccc1-2. The lowest BCUT2D eigenvalue weighted by Crippen LogP contribution is -2.14. The van der Waals surface area contributed by atoms with E-state index in [2.05, 4.69) is 139 Å². The fraction of sp³-hybridized carbons (Fsp3) is 0.118. The number of nitrogens with zero attached hydrogens (tertiary/aromatic N) is 1. The zero-order chi connectivity index (χ0) is 23.6. The van der Waals surface area contributed by atoms with Gasteiger partial charge in [0.2, 0.25) is 0 Å². The monoisotopic (exact) mass is 451 g/mol. The molecule has 1 unspecified atom stereocenters. The predicted molar refractivity (Wildman–Crippen MR) is 148 cm³/mol. The zero-order valence-electron chi connectivity index (χ0n) is 20.1. The van der Waals surface area contributed by atoms with Crippen LogP contribution in [0.5, 0.6) is 0 Å². The van der Waals surface area contributed by atoms with Crippen LogP contribution in [0.4, 0.5) is 11.4 Å². The van der Waals surface area contributed by atoms with Crippen molar-refractivity contribution < 1.29 is 0 Å². The highest BCUT2D eigenvalue weighted by atomic mass is 15.1. The Morgan fingerprint density at radius 2 is 1.26 bits per heavy atom. The van der Waals surface area contributed by atoms with E-state index in [1.807, 2.05) is 0 Å². The highest BCUT2D eigenvalue weighted by Crippen LogP contribution is 2.47. The Morgan fingerprint density at radius 1 is 0.600 bits per heavy atom. The second-order valence-corrected chi connectivity index (χ2v) is 9.37. The van der Waals surface area contributed by atoms with Crippen molar-refractivity contribution in [1.29, 1.82) is 0 Å². The Hall–Kier alpha value is -4.10. The Bertz CT molecular complexity index is 1450. The molecule has 6 rings (SSSR count). The lowest BCUT2D eigenvalue weighted by atomic mass is 9.83. The van der Waals surface area contributed by atoms with Crippen LogP contribution in [0, 0.1) is 0 Å². The Morgan fingerprint density at radius 3 is 2.09 bits per heavy atom. The van der Waals surface area contributed by atoms with Crippen molar-refractivity contribution in [2.24, 2.45) is 0 Å². The van der Waals surface area contributed by atoms with E-state index >= 15 is 0 Å². The molecule has 0 amide bonds. The molecule has 0 aromatic heterocycles. The highest BCUT2D eigenvalue weighted by Gasteiger charge is 2.27. The number of aryl methyl sites for hydroxylation is 1. The first-order valence-electron chi connectivity index (χ1n) is 12.4. The Kier molecular flexibility index (Phi) is 5.68. The topological polar surface area (TPSA) is 3.24 Å². The van der Waals surface area contributed by atoms with Crippen LogP contribution in [0.25, 0.3) is 22.3 Å². The fourth-order valence-corrected chi connectivity index (χ4v) is 5.58. The van der Waals surface area contributed by atoms with Crippen LogP contribution in [-0.2, 0) is 6.42 Å². The summed E-state index contributed by atoms with van der Waals surface area (Å²) in [5, 5.41) is 0. The molecule has 170 valence electrons. The third-order valence-corrected chi connectivity index (χ3v) is 7.34. The van der Waals surface area contributed by atoms with Gasteiger partial charge in [0.05, 0.1) is 0 Å². The van der Waals surface area contributed by atoms with Crippen molar-refractivity contribution in [3.05, 3.63) is 144 Å². The summed E-state index contributed by atoms with van der Waals surface area (Å²) in [7, 11) is 2.19. The molecule has 1 atom stereocenters.